The second-order valence-corrected chi connectivity index (χ2v) is 4.07. The first-order valence-electron chi connectivity index (χ1n) is 5.89. The van der Waals surface area contributed by atoms with Crippen LogP contribution in [-0.4, -0.2) is 12.5 Å². The molecule has 1 rings (SSSR count). The molecule has 18 heavy (non-hydrogen) atoms. The molecule has 0 aromatic heterocycles. The standard InChI is InChI=1S/C13H16F4O/c1-2-3-4-5-10-6-8-11(9-7-10)18-13(16,17)12(14)15/h6-9,12H,2-5H2,1H3. The van der Waals surface area contributed by atoms with Crippen molar-refractivity contribution >= 4 is 0 Å². The molecule has 0 aliphatic carbocycles. The maximum absolute atomic E-state index is 12.6. The summed E-state index contributed by atoms with van der Waals surface area (Å²) in [5.74, 6) is -0.250. The van der Waals surface area contributed by atoms with Crippen LogP contribution in [0.25, 0.3) is 0 Å². The molecule has 0 radical (unpaired) electrons. The van der Waals surface area contributed by atoms with Crippen molar-refractivity contribution in [2.24, 2.45) is 0 Å². The van der Waals surface area contributed by atoms with E-state index in [1.165, 1.54) is 12.1 Å². The highest BCUT2D eigenvalue weighted by Gasteiger charge is 2.43. The fourth-order valence-corrected chi connectivity index (χ4v) is 1.50. The van der Waals surface area contributed by atoms with Gasteiger partial charge in [0.05, 0.1) is 0 Å². The summed E-state index contributed by atoms with van der Waals surface area (Å²) in [5, 5.41) is 0. The highest BCUT2D eigenvalue weighted by atomic mass is 19.3. The number of aryl methyl sites for hydroxylation is 1. The van der Waals surface area contributed by atoms with Crippen LogP contribution >= 0.6 is 0 Å². The van der Waals surface area contributed by atoms with E-state index in [1.807, 2.05) is 0 Å². The third-order valence-electron chi connectivity index (χ3n) is 2.50. The molecule has 0 aliphatic rings. The van der Waals surface area contributed by atoms with E-state index in [4.69, 9.17) is 0 Å². The lowest BCUT2D eigenvalue weighted by atomic mass is 10.1. The van der Waals surface area contributed by atoms with Crippen LogP contribution in [-0.2, 0) is 6.42 Å². The van der Waals surface area contributed by atoms with Crippen molar-refractivity contribution in [2.45, 2.75) is 45.1 Å². The van der Waals surface area contributed by atoms with Gasteiger partial charge in [0.2, 0.25) is 0 Å². The van der Waals surface area contributed by atoms with Gasteiger partial charge in [0.15, 0.2) is 0 Å². The van der Waals surface area contributed by atoms with E-state index in [1.54, 1.807) is 12.1 Å². The average molecular weight is 264 g/mol. The number of hydrogen-bond donors (Lipinski definition) is 0. The fourth-order valence-electron chi connectivity index (χ4n) is 1.50. The monoisotopic (exact) mass is 264 g/mol. The Kier molecular flexibility index (Phi) is 5.44. The third-order valence-corrected chi connectivity index (χ3v) is 2.50. The zero-order valence-electron chi connectivity index (χ0n) is 10.1. The topological polar surface area (TPSA) is 9.23 Å². The summed E-state index contributed by atoms with van der Waals surface area (Å²) >= 11 is 0. The largest absolute Gasteiger partial charge is 0.461 e. The van der Waals surface area contributed by atoms with E-state index in [0.717, 1.165) is 31.2 Å². The quantitative estimate of drug-likeness (QED) is 0.514. The summed E-state index contributed by atoms with van der Waals surface area (Å²) in [6.45, 7) is 2.09. The number of benzene rings is 1. The van der Waals surface area contributed by atoms with Gasteiger partial charge in [-0.25, -0.2) is 0 Å². The molecular formula is C13H16F4O. The molecule has 0 N–H and O–H groups in total. The zero-order valence-corrected chi connectivity index (χ0v) is 10.1. The van der Waals surface area contributed by atoms with Crippen molar-refractivity contribution in [2.75, 3.05) is 0 Å². The van der Waals surface area contributed by atoms with E-state index in [-0.39, 0.29) is 5.75 Å². The summed E-state index contributed by atoms with van der Waals surface area (Å²) in [4.78, 5) is 0. The van der Waals surface area contributed by atoms with Gasteiger partial charge in [-0.2, -0.15) is 17.6 Å². The Labute approximate surface area is 104 Å². The molecule has 0 heterocycles. The van der Waals surface area contributed by atoms with E-state index < -0.39 is 12.5 Å². The number of unbranched alkanes of at least 4 members (excludes halogenated alkanes) is 2. The number of rotatable bonds is 7. The summed E-state index contributed by atoms with van der Waals surface area (Å²) < 4.78 is 53.0. The molecule has 1 aromatic rings. The van der Waals surface area contributed by atoms with Gasteiger partial charge in [-0.3, -0.25) is 0 Å². The highest BCUT2D eigenvalue weighted by molar-refractivity contribution is 5.27. The first-order valence-corrected chi connectivity index (χ1v) is 5.89. The maximum Gasteiger partial charge on any atom is 0.461 e. The van der Waals surface area contributed by atoms with Crippen LogP contribution in [0.4, 0.5) is 17.6 Å². The summed E-state index contributed by atoms with van der Waals surface area (Å²) in [6.07, 6.45) is -4.21. The lowest BCUT2D eigenvalue weighted by Crippen LogP contribution is -2.33. The molecule has 0 amide bonds. The van der Waals surface area contributed by atoms with Crippen LogP contribution in [0.1, 0.15) is 31.7 Å². The normalized spacial score (nSPS) is 11.9. The number of ether oxygens (including phenoxy) is 1. The van der Waals surface area contributed by atoms with E-state index in [9.17, 15) is 17.6 Å². The molecule has 0 fully saturated rings. The maximum atomic E-state index is 12.6. The van der Waals surface area contributed by atoms with Gasteiger partial charge in [0.1, 0.15) is 5.75 Å². The van der Waals surface area contributed by atoms with Gasteiger partial charge < -0.3 is 4.74 Å². The van der Waals surface area contributed by atoms with Crippen molar-refractivity contribution in [3.63, 3.8) is 0 Å². The van der Waals surface area contributed by atoms with Gasteiger partial charge in [-0.1, -0.05) is 31.9 Å². The molecule has 102 valence electrons. The molecule has 1 nitrogen and oxygen atoms in total. The lowest BCUT2D eigenvalue weighted by molar-refractivity contribution is -0.253. The molecule has 1 aromatic carbocycles. The molecule has 5 heteroatoms. The molecule has 0 bridgehead atoms. The average Bonchev–Trinajstić information content (AvgIpc) is 2.31. The second kappa shape index (κ2) is 6.61. The fraction of sp³-hybridized carbons (Fsp3) is 0.538. The van der Waals surface area contributed by atoms with Gasteiger partial charge in [-0.05, 0) is 30.5 Å². The van der Waals surface area contributed by atoms with Crippen molar-refractivity contribution in [1.29, 1.82) is 0 Å². The smallest absolute Gasteiger partial charge is 0.428 e. The Morgan fingerprint density at radius 3 is 2.22 bits per heavy atom. The SMILES string of the molecule is CCCCCc1ccc(OC(F)(F)C(F)F)cc1. The number of alkyl halides is 4. The minimum Gasteiger partial charge on any atom is -0.428 e. The summed E-state index contributed by atoms with van der Waals surface area (Å²) in [6, 6.07) is 5.81. The van der Waals surface area contributed by atoms with Crippen LogP contribution in [0.2, 0.25) is 0 Å². The predicted octanol–water partition coefficient (Wildman–Crippen LogP) is 4.66. The van der Waals surface area contributed by atoms with Crippen molar-refractivity contribution in [3.05, 3.63) is 29.8 Å². The van der Waals surface area contributed by atoms with Gasteiger partial charge in [-0.15, -0.1) is 0 Å². The molecule has 0 saturated carbocycles. The van der Waals surface area contributed by atoms with Crippen molar-refractivity contribution in [3.8, 4) is 5.75 Å². The van der Waals surface area contributed by atoms with Crippen molar-refractivity contribution in [1.82, 2.24) is 0 Å². The first-order chi connectivity index (χ1) is 8.45. The van der Waals surface area contributed by atoms with Gasteiger partial charge >= 0.3 is 12.5 Å². The highest BCUT2D eigenvalue weighted by Crippen LogP contribution is 2.27. The molecule has 0 aliphatic heterocycles. The Morgan fingerprint density at radius 2 is 1.72 bits per heavy atom. The van der Waals surface area contributed by atoms with E-state index in [2.05, 4.69) is 11.7 Å². The first kappa shape index (κ1) is 14.8. The van der Waals surface area contributed by atoms with Crippen LogP contribution in [0, 0.1) is 0 Å². The number of halogens is 4. The van der Waals surface area contributed by atoms with Crippen LogP contribution < -0.4 is 4.74 Å². The minimum atomic E-state index is -4.44. The van der Waals surface area contributed by atoms with E-state index in [0.29, 0.717) is 0 Å². The predicted molar refractivity (Wildman–Crippen MR) is 61.3 cm³/mol. The Balaban J connectivity index is 2.55. The van der Waals surface area contributed by atoms with Crippen LogP contribution in [0.5, 0.6) is 5.75 Å². The third kappa shape index (κ3) is 4.55. The Bertz CT molecular complexity index is 349. The molecular weight excluding hydrogens is 248 g/mol. The summed E-state index contributed by atoms with van der Waals surface area (Å²) in [7, 11) is 0. The Morgan fingerprint density at radius 1 is 1.11 bits per heavy atom. The molecule has 0 saturated heterocycles. The second-order valence-electron chi connectivity index (χ2n) is 4.07. The van der Waals surface area contributed by atoms with E-state index >= 15 is 0 Å². The summed E-state index contributed by atoms with van der Waals surface area (Å²) in [5.41, 5.74) is 0.983. The zero-order chi connectivity index (χ0) is 13.6. The molecule has 0 atom stereocenters. The van der Waals surface area contributed by atoms with Crippen LogP contribution in [0.3, 0.4) is 0 Å². The van der Waals surface area contributed by atoms with Crippen molar-refractivity contribution < 1.29 is 22.3 Å². The van der Waals surface area contributed by atoms with Gasteiger partial charge in [0.25, 0.3) is 0 Å². The Hall–Kier alpha value is -1.26. The number of hydrogen-bond acceptors (Lipinski definition) is 1. The molecule has 0 spiro atoms. The minimum absolute atomic E-state index is 0.250. The van der Waals surface area contributed by atoms with Crippen LogP contribution in [0.15, 0.2) is 24.3 Å². The molecule has 0 unspecified atom stereocenters. The van der Waals surface area contributed by atoms with Gasteiger partial charge in [0, 0.05) is 0 Å². The lowest BCUT2D eigenvalue weighted by Gasteiger charge is -2.16.